The molecule has 0 N–H and O–H groups in total. The molecule has 1 aromatic heterocycles. The van der Waals surface area contributed by atoms with Gasteiger partial charge in [0.25, 0.3) is 5.91 Å². The highest BCUT2D eigenvalue weighted by molar-refractivity contribution is 7.89. The third kappa shape index (κ3) is 4.23. The number of sulfonamides is 1. The Morgan fingerprint density at radius 1 is 1.10 bits per heavy atom. The van der Waals surface area contributed by atoms with E-state index in [0.29, 0.717) is 36.5 Å². The summed E-state index contributed by atoms with van der Waals surface area (Å²) in [6.45, 7) is 11.1. The summed E-state index contributed by atoms with van der Waals surface area (Å²) in [5.74, 6) is 0.355. The van der Waals surface area contributed by atoms with Crippen LogP contribution in [0.2, 0.25) is 0 Å². The van der Waals surface area contributed by atoms with Gasteiger partial charge in [0, 0.05) is 26.2 Å². The number of hydrogen-bond acceptors (Lipinski definition) is 5. The number of aryl methyl sites for hydroxylation is 2. The number of piperazine rings is 1. The van der Waals surface area contributed by atoms with Gasteiger partial charge in [-0.15, -0.1) is 0 Å². The number of benzene rings is 1. The van der Waals surface area contributed by atoms with E-state index >= 15 is 0 Å². The van der Waals surface area contributed by atoms with E-state index in [1.54, 1.807) is 24.0 Å². The van der Waals surface area contributed by atoms with E-state index in [0.717, 1.165) is 5.56 Å². The lowest BCUT2D eigenvalue weighted by molar-refractivity contribution is 0.0695. The summed E-state index contributed by atoms with van der Waals surface area (Å²) in [5.41, 5.74) is 2.19. The van der Waals surface area contributed by atoms with Crippen molar-refractivity contribution in [1.82, 2.24) is 14.4 Å². The van der Waals surface area contributed by atoms with Crippen LogP contribution in [0.25, 0.3) is 0 Å². The van der Waals surface area contributed by atoms with E-state index in [2.05, 4.69) is 25.9 Å². The third-order valence-corrected chi connectivity index (χ3v) is 7.28. The van der Waals surface area contributed by atoms with Crippen LogP contribution in [-0.4, -0.2) is 54.9 Å². The van der Waals surface area contributed by atoms with Gasteiger partial charge in [-0.1, -0.05) is 45.0 Å². The summed E-state index contributed by atoms with van der Waals surface area (Å²) in [6.07, 6.45) is 0.608. The van der Waals surface area contributed by atoms with Crippen LogP contribution in [0.3, 0.4) is 0 Å². The first-order valence-corrected chi connectivity index (χ1v) is 11.3. The fourth-order valence-corrected chi connectivity index (χ4v) is 4.92. The monoisotopic (exact) mass is 419 g/mol. The molecule has 0 atom stereocenters. The zero-order valence-electron chi connectivity index (χ0n) is 17.7. The Hall–Kier alpha value is -2.19. The highest BCUT2D eigenvalue weighted by Crippen LogP contribution is 2.25. The maximum absolute atomic E-state index is 13.0. The summed E-state index contributed by atoms with van der Waals surface area (Å²) in [7, 11) is -3.58. The second-order valence-corrected chi connectivity index (χ2v) is 10.3. The molecule has 29 heavy (non-hydrogen) atoms. The summed E-state index contributed by atoms with van der Waals surface area (Å²) in [5, 5.41) is 3.94. The van der Waals surface area contributed by atoms with E-state index < -0.39 is 10.0 Å². The van der Waals surface area contributed by atoms with Crippen LogP contribution in [0.1, 0.15) is 55.1 Å². The van der Waals surface area contributed by atoms with Gasteiger partial charge in [-0.25, -0.2) is 8.42 Å². The van der Waals surface area contributed by atoms with Crippen molar-refractivity contribution in [3.8, 4) is 0 Å². The van der Waals surface area contributed by atoms with Gasteiger partial charge in [0.2, 0.25) is 10.0 Å². The fraction of sp³-hybridized carbons (Fsp3) is 0.524. The number of rotatable bonds is 4. The molecule has 0 radical (unpaired) electrons. The molecule has 1 fully saturated rings. The number of hydrogen-bond donors (Lipinski definition) is 0. The highest BCUT2D eigenvalue weighted by atomic mass is 32.2. The van der Waals surface area contributed by atoms with Crippen molar-refractivity contribution in [3.05, 3.63) is 46.8 Å². The van der Waals surface area contributed by atoms with Gasteiger partial charge in [0.05, 0.1) is 10.6 Å². The molecule has 3 rings (SSSR count). The van der Waals surface area contributed by atoms with Gasteiger partial charge < -0.3 is 9.42 Å². The standard InChI is InChI=1S/C21H29N3O4S/c1-6-18-19(15(2)28-22-18)20(25)23-11-13-24(14-12-23)29(26,27)17-9-7-16(8-10-17)21(3,4)5/h7-10H,6,11-14H2,1-5H3. The van der Waals surface area contributed by atoms with Crippen LogP contribution in [-0.2, 0) is 21.9 Å². The first-order chi connectivity index (χ1) is 13.6. The Morgan fingerprint density at radius 3 is 2.21 bits per heavy atom. The average Bonchev–Trinajstić information content (AvgIpc) is 3.07. The summed E-state index contributed by atoms with van der Waals surface area (Å²) in [6, 6.07) is 7.07. The van der Waals surface area contributed by atoms with Crippen LogP contribution in [0.4, 0.5) is 0 Å². The SMILES string of the molecule is CCc1noc(C)c1C(=O)N1CCN(S(=O)(=O)c2ccc(C(C)(C)C)cc2)CC1. The third-order valence-electron chi connectivity index (χ3n) is 5.37. The maximum atomic E-state index is 13.0. The second-order valence-electron chi connectivity index (χ2n) is 8.38. The highest BCUT2D eigenvalue weighted by Gasteiger charge is 2.32. The molecule has 7 nitrogen and oxygen atoms in total. The number of carbonyl (C=O) groups is 1. The average molecular weight is 420 g/mol. The lowest BCUT2D eigenvalue weighted by atomic mass is 9.87. The minimum Gasteiger partial charge on any atom is -0.361 e. The second kappa shape index (κ2) is 7.91. The summed E-state index contributed by atoms with van der Waals surface area (Å²) >= 11 is 0. The van der Waals surface area contributed by atoms with Gasteiger partial charge in [-0.2, -0.15) is 4.31 Å². The van der Waals surface area contributed by atoms with Crippen LogP contribution in [0.15, 0.2) is 33.7 Å². The Kier molecular flexibility index (Phi) is 5.87. The normalized spacial score (nSPS) is 16.2. The van der Waals surface area contributed by atoms with Crippen molar-refractivity contribution in [2.75, 3.05) is 26.2 Å². The zero-order chi connectivity index (χ0) is 21.4. The summed E-state index contributed by atoms with van der Waals surface area (Å²) < 4.78 is 32.6. The molecule has 1 aromatic carbocycles. The topological polar surface area (TPSA) is 83.7 Å². The molecule has 1 saturated heterocycles. The molecule has 0 spiro atoms. The Labute approximate surface area is 172 Å². The molecular formula is C21H29N3O4S. The number of aromatic nitrogens is 1. The molecule has 0 bridgehead atoms. The first-order valence-electron chi connectivity index (χ1n) is 9.91. The van der Waals surface area contributed by atoms with Gasteiger partial charge in [0.15, 0.2) is 0 Å². The Bertz CT molecular complexity index is 980. The molecule has 0 saturated carbocycles. The maximum Gasteiger partial charge on any atom is 0.259 e. The van der Waals surface area contributed by atoms with Gasteiger partial charge in [-0.3, -0.25) is 4.79 Å². The van der Waals surface area contributed by atoms with E-state index in [9.17, 15) is 13.2 Å². The first kappa shape index (κ1) is 21.5. The zero-order valence-corrected chi connectivity index (χ0v) is 18.5. The van der Waals surface area contributed by atoms with Crippen molar-refractivity contribution >= 4 is 15.9 Å². The minimum atomic E-state index is -3.58. The molecule has 8 heteroatoms. The molecule has 0 unspecified atom stereocenters. The molecule has 0 aliphatic carbocycles. The van der Waals surface area contributed by atoms with Crippen molar-refractivity contribution in [1.29, 1.82) is 0 Å². The molecule has 2 heterocycles. The smallest absolute Gasteiger partial charge is 0.259 e. The molecule has 1 aliphatic heterocycles. The predicted octanol–water partition coefficient (Wildman–Crippen LogP) is 2.99. The van der Waals surface area contributed by atoms with Crippen molar-refractivity contribution in [2.45, 2.75) is 51.3 Å². The molecule has 1 amide bonds. The lowest BCUT2D eigenvalue weighted by Gasteiger charge is -2.34. The van der Waals surface area contributed by atoms with Crippen LogP contribution in [0, 0.1) is 6.92 Å². The van der Waals surface area contributed by atoms with Crippen molar-refractivity contribution < 1.29 is 17.7 Å². The quantitative estimate of drug-likeness (QED) is 0.761. The number of amides is 1. The van der Waals surface area contributed by atoms with Gasteiger partial charge >= 0.3 is 0 Å². The number of nitrogens with zero attached hydrogens (tertiary/aromatic N) is 3. The Balaban J connectivity index is 1.71. The van der Waals surface area contributed by atoms with E-state index in [1.165, 1.54) is 4.31 Å². The fourth-order valence-electron chi connectivity index (χ4n) is 3.50. The lowest BCUT2D eigenvalue weighted by Crippen LogP contribution is -2.50. The van der Waals surface area contributed by atoms with Crippen molar-refractivity contribution in [3.63, 3.8) is 0 Å². The predicted molar refractivity (Wildman–Crippen MR) is 110 cm³/mol. The molecular weight excluding hydrogens is 390 g/mol. The van der Waals surface area contributed by atoms with Gasteiger partial charge in [-0.05, 0) is 36.5 Å². The van der Waals surface area contributed by atoms with E-state index in [-0.39, 0.29) is 29.3 Å². The van der Waals surface area contributed by atoms with E-state index in [1.807, 2.05) is 19.1 Å². The van der Waals surface area contributed by atoms with E-state index in [4.69, 9.17) is 4.52 Å². The number of carbonyl (C=O) groups excluding carboxylic acids is 1. The van der Waals surface area contributed by atoms with Crippen LogP contribution < -0.4 is 0 Å². The minimum absolute atomic E-state index is 0.0360. The Morgan fingerprint density at radius 2 is 1.69 bits per heavy atom. The molecule has 1 aliphatic rings. The van der Waals surface area contributed by atoms with Crippen LogP contribution >= 0.6 is 0 Å². The van der Waals surface area contributed by atoms with Crippen LogP contribution in [0.5, 0.6) is 0 Å². The molecule has 158 valence electrons. The largest absolute Gasteiger partial charge is 0.361 e. The summed E-state index contributed by atoms with van der Waals surface area (Å²) in [4.78, 5) is 14.8. The molecule has 2 aromatic rings. The van der Waals surface area contributed by atoms with Gasteiger partial charge in [0.1, 0.15) is 11.3 Å². The van der Waals surface area contributed by atoms with Crippen molar-refractivity contribution in [2.24, 2.45) is 0 Å².